The van der Waals surface area contributed by atoms with Crippen LogP contribution in [-0.2, 0) is 6.54 Å². The highest BCUT2D eigenvalue weighted by Gasteiger charge is 2.29. The van der Waals surface area contributed by atoms with Gasteiger partial charge in [0.2, 0.25) is 11.5 Å². The van der Waals surface area contributed by atoms with E-state index in [1.165, 1.54) is 18.4 Å². The summed E-state index contributed by atoms with van der Waals surface area (Å²) in [5, 5.41) is 0. The predicted molar refractivity (Wildman–Crippen MR) is 78.5 cm³/mol. The van der Waals surface area contributed by atoms with Crippen molar-refractivity contribution < 1.29 is 9.36 Å². The molecule has 0 N–H and O–H groups in total. The third-order valence-electron chi connectivity index (χ3n) is 4.11. The van der Waals surface area contributed by atoms with Crippen molar-refractivity contribution in [3.05, 3.63) is 66.0 Å². The van der Waals surface area contributed by atoms with Crippen LogP contribution in [0.15, 0.2) is 54.7 Å². The quantitative estimate of drug-likeness (QED) is 0.614. The lowest BCUT2D eigenvalue weighted by molar-refractivity contribution is -0.690. The Morgan fingerprint density at radius 1 is 1.00 bits per heavy atom. The summed E-state index contributed by atoms with van der Waals surface area (Å²) in [6.45, 7) is 0.759. The van der Waals surface area contributed by atoms with Crippen LogP contribution in [0, 0.1) is 5.92 Å². The van der Waals surface area contributed by atoms with E-state index in [0.29, 0.717) is 5.78 Å². The van der Waals surface area contributed by atoms with Crippen molar-refractivity contribution in [1.29, 1.82) is 0 Å². The van der Waals surface area contributed by atoms with Crippen LogP contribution in [0.2, 0.25) is 0 Å². The average molecular weight is 266 g/mol. The molecule has 1 aliphatic rings. The van der Waals surface area contributed by atoms with Crippen molar-refractivity contribution in [2.45, 2.75) is 32.2 Å². The van der Waals surface area contributed by atoms with E-state index in [9.17, 15) is 4.79 Å². The van der Waals surface area contributed by atoms with Gasteiger partial charge in [-0.25, -0.2) is 0 Å². The van der Waals surface area contributed by atoms with Gasteiger partial charge in [0.1, 0.15) is 0 Å². The maximum absolute atomic E-state index is 12.6. The predicted octanol–water partition coefficient (Wildman–Crippen LogP) is 3.40. The molecule has 2 aromatic rings. The third-order valence-corrected chi connectivity index (χ3v) is 4.11. The summed E-state index contributed by atoms with van der Waals surface area (Å²) in [5.74, 6) is 0.554. The second-order valence-electron chi connectivity index (χ2n) is 5.55. The lowest BCUT2D eigenvalue weighted by Crippen LogP contribution is -2.41. The third kappa shape index (κ3) is 2.79. The first-order chi connectivity index (χ1) is 9.84. The van der Waals surface area contributed by atoms with Crippen LogP contribution in [0.25, 0.3) is 0 Å². The van der Waals surface area contributed by atoms with E-state index in [-0.39, 0.29) is 5.92 Å². The number of ketones is 1. The van der Waals surface area contributed by atoms with Gasteiger partial charge in [-0.05, 0) is 18.9 Å². The highest BCUT2D eigenvalue weighted by molar-refractivity contribution is 5.94. The fraction of sp³-hybridized carbons (Fsp3) is 0.333. The fourth-order valence-electron chi connectivity index (χ4n) is 3.02. The zero-order valence-electron chi connectivity index (χ0n) is 11.7. The molecule has 1 aliphatic carbocycles. The molecule has 0 saturated heterocycles. The van der Waals surface area contributed by atoms with Crippen LogP contribution >= 0.6 is 0 Å². The SMILES string of the molecule is O=C(c1cccc[n+]1Cc1ccccc1)C1CCCC1. The second-order valence-corrected chi connectivity index (χ2v) is 5.55. The van der Waals surface area contributed by atoms with Crippen LogP contribution in [0.1, 0.15) is 41.7 Å². The molecule has 102 valence electrons. The van der Waals surface area contributed by atoms with Crippen molar-refractivity contribution in [2.24, 2.45) is 5.92 Å². The Bertz CT molecular complexity index is 585. The van der Waals surface area contributed by atoms with Crippen LogP contribution in [-0.4, -0.2) is 5.78 Å². The highest BCUT2D eigenvalue weighted by atomic mass is 16.1. The number of benzene rings is 1. The number of carbonyl (C=O) groups excluding carboxylic acids is 1. The molecule has 1 aromatic carbocycles. The number of hydrogen-bond acceptors (Lipinski definition) is 1. The van der Waals surface area contributed by atoms with E-state index in [1.807, 2.05) is 42.6 Å². The van der Waals surface area contributed by atoms with Crippen molar-refractivity contribution in [3.63, 3.8) is 0 Å². The maximum atomic E-state index is 12.6. The maximum Gasteiger partial charge on any atom is 0.249 e. The molecule has 0 atom stereocenters. The number of aromatic nitrogens is 1. The van der Waals surface area contributed by atoms with Crippen LogP contribution in [0.3, 0.4) is 0 Å². The molecular weight excluding hydrogens is 246 g/mol. The number of rotatable bonds is 4. The molecule has 0 aliphatic heterocycles. The molecule has 0 spiro atoms. The van der Waals surface area contributed by atoms with Gasteiger partial charge in [-0.2, -0.15) is 4.57 Å². The van der Waals surface area contributed by atoms with Gasteiger partial charge in [0.25, 0.3) is 0 Å². The number of hydrogen-bond donors (Lipinski definition) is 0. The molecule has 2 heteroatoms. The molecule has 3 rings (SSSR count). The minimum absolute atomic E-state index is 0.236. The van der Waals surface area contributed by atoms with Crippen molar-refractivity contribution >= 4 is 5.78 Å². The molecule has 0 bridgehead atoms. The molecular formula is C18H20NO+. The summed E-state index contributed by atoms with van der Waals surface area (Å²) in [6.07, 6.45) is 6.51. The summed E-state index contributed by atoms with van der Waals surface area (Å²) in [5.41, 5.74) is 2.08. The van der Waals surface area contributed by atoms with Crippen molar-refractivity contribution in [1.82, 2.24) is 0 Å². The van der Waals surface area contributed by atoms with Crippen molar-refractivity contribution in [2.75, 3.05) is 0 Å². The van der Waals surface area contributed by atoms with Crippen molar-refractivity contribution in [3.8, 4) is 0 Å². The molecule has 1 fully saturated rings. The molecule has 2 nitrogen and oxygen atoms in total. The Morgan fingerprint density at radius 2 is 1.70 bits per heavy atom. The fourth-order valence-corrected chi connectivity index (χ4v) is 3.02. The van der Waals surface area contributed by atoms with Gasteiger partial charge in [-0.3, -0.25) is 4.79 Å². The Kier molecular flexibility index (Phi) is 3.91. The first-order valence-electron chi connectivity index (χ1n) is 7.41. The van der Waals surface area contributed by atoms with E-state index < -0.39 is 0 Å². The van der Waals surface area contributed by atoms with Gasteiger partial charge in [-0.1, -0.05) is 43.2 Å². The summed E-state index contributed by atoms with van der Waals surface area (Å²) >= 11 is 0. The monoisotopic (exact) mass is 266 g/mol. The van der Waals surface area contributed by atoms with E-state index in [4.69, 9.17) is 0 Å². The van der Waals surface area contributed by atoms with Gasteiger partial charge >= 0.3 is 0 Å². The molecule has 0 radical (unpaired) electrons. The minimum atomic E-state index is 0.236. The highest BCUT2D eigenvalue weighted by Crippen LogP contribution is 2.27. The van der Waals surface area contributed by atoms with Gasteiger partial charge in [0.05, 0.1) is 0 Å². The summed E-state index contributed by atoms with van der Waals surface area (Å²) < 4.78 is 2.08. The Morgan fingerprint density at radius 3 is 2.45 bits per heavy atom. The molecule has 20 heavy (non-hydrogen) atoms. The molecule has 1 heterocycles. The van der Waals surface area contributed by atoms with Crippen LogP contribution in [0.4, 0.5) is 0 Å². The van der Waals surface area contributed by atoms with E-state index in [1.54, 1.807) is 0 Å². The van der Waals surface area contributed by atoms with E-state index >= 15 is 0 Å². The topological polar surface area (TPSA) is 20.9 Å². The normalized spacial score (nSPS) is 15.4. The van der Waals surface area contributed by atoms with Crippen LogP contribution < -0.4 is 4.57 Å². The van der Waals surface area contributed by atoms with Gasteiger partial charge in [0, 0.05) is 23.6 Å². The minimum Gasteiger partial charge on any atom is -0.287 e. The Hall–Kier alpha value is -1.96. The Labute approximate surface area is 120 Å². The average Bonchev–Trinajstić information content (AvgIpc) is 3.02. The molecule has 1 aromatic heterocycles. The standard InChI is InChI=1S/C18H20NO/c20-18(16-10-4-5-11-16)17-12-6-7-13-19(17)14-15-8-2-1-3-9-15/h1-3,6-9,12-13,16H,4-5,10-11,14H2/q+1. The second kappa shape index (κ2) is 6.00. The Balaban J connectivity index is 1.86. The number of pyridine rings is 1. The summed E-state index contributed by atoms with van der Waals surface area (Å²) in [6, 6.07) is 16.2. The molecule has 1 saturated carbocycles. The zero-order valence-corrected chi connectivity index (χ0v) is 11.7. The van der Waals surface area contributed by atoms with Crippen LogP contribution in [0.5, 0.6) is 0 Å². The van der Waals surface area contributed by atoms with E-state index in [2.05, 4.69) is 16.7 Å². The molecule has 0 amide bonds. The first-order valence-corrected chi connectivity index (χ1v) is 7.41. The zero-order chi connectivity index (χ0) is 13.8. The van der Waals surface area contributed by atoms with E-state index in [0.717, 1.165) is 25.1 Å². The number of nitrogens with zero attached hydrogens (tertiary/aromatic N) is 1. The lowest BCUT2D eigenvalue weighted by Gasteiger charge is -2.07. The largest absolute Gasteiger partial charge is 0.287 e. The summed E-state index contributed by atoms with van der Waals surface area (Å²) in [4.78, 5) is 12.6. The van der Waals surface area contributed by atoms with Gasteiger partial charge < -0.3 is 0 Å². The lowest BCUT2D eigenvalue weighted by atomic mass is 9.99. The smallest absolute Gasteiger partial charge is 0.249 e. The first kappa shape index (κ1) is 13.0. The number of carbonyl (C=O) groups is 1. The molecule has 0 unspecified atom stereocenters. The number of Topliss-reactive ketones (excluding diaryl/α,β-unsaturated/α-hetero) is 1. The van der Waals surface area contributed by atoms with Gasteiger partial charge in [0.15, 0.2) is 12.7 Å². The van der Waals surface area contributed by atoms with Gasteiger partial charge in [-0.15, -0.1) is 0 Å². The summed E-state index contributed by atoms with van der Waals surface area (Å²) in [7, 11) is 0.